The molecule has 0 aliphatic carbocycles. The Labute approximate surface area is 191 Å². The number of hydrogen-bond donors (Lipinski definition) is 3. The van der Waals surface area contributed by atoms with Crippen molar-refractivity contribution in [1.82, 2.24) is 0 Å². The first-order valence-electron chi connectivity index (χ1n) is 13.1. The van der Waals surface area contributed by atoms with Gasteiger partial charge in [0.25, 0.3) is 0 Å². The maximum absolute atomic E-state index is 9.85. The van der Waals surface area contributed by atoms with E-state index >= 15 is 0 Å². The quantitative estimate of drug-likeness (QED) is 0.166. The minimum Gasteiger partial charge on any atom is -0.394 e. The molecule has 31 heavy (non-hydrogen) atoms. The summed E-state index contributed by atoms with van der Waals surface area (Å²) in [5.41, 5.74) is 0. The highest BCUT2D eigenvalue weighted by molar-refractivity contribution is 4.88. The smallest absolute Gasteiger partial charge is 0.114 e. The van der Waals surface area contributed by atoms with Crippen LogP contribution in [-0.2, 0) is 9.47 Å². The fourth-order valence-corrected chi connectivity index (χ4v) is 4.14. The molecule has 0 unspecified atom stereocenters. The number of allylic oxidation sites excluding steroid dienone is 2. The molecule has 0 aromatic carbocycles. The Bertz CT molecular complexity index is 415. The van der Waals surface area contributed by atoms with Crippen LogP contribution in [-0.4, -0.2) is 59.6 Å². The Kier molecular flexibility index (Phi) is 18.6. The van der Waals surface area contributed by atoms with Crippen LogP contribution >= 0.6 is 0 Å². The van der Waals surface area contributed by atoms with Crippen LogP contribution in [0.25, 0.3) is 0 Å². The Morgan fingerprint density at radius 2 is 1.32 bits per heavy atom. The van der Waals surface area contributed by atoms with E-state index in [2.05, 4.69) is 19.1 Å². The Morgan fingerprint density at radius 1 is 0.806 bits per heavy atom. The zero-order valence-electron chi connectivity index (χ0n) is 20.1. The largest absolute Gasteiger partial charge is 0.394 e. The first-order chi connectivity index (χ1) is 15.2. The van der Waals surface area contributed by atoms with Crippen molar-refractivity contribution in [2.45, 2.75) is 134 Å². The van der Waals surface area contributed by atoms with Gasteiger partial charge in [-0.3, -0.25) is 0 Å². The van der Waals surface area contributed by atoms with Crippen LogP contribution in [0.3, 0.4) is 0 Å². The number of hydrogen-bond acceptors (Lipinski definition) is 5. The van der Waals surface area contributed by atoms with Gasteiger partial charge in [-0.15, -0.1) is 0 Å². The zero-order valence-corrected chi connectivity index (χ0v) is 20.1. The molecule has 1 aliphatic heterocycles. The highest BCUT2D eigenvalue weighted by Crippen LogP contribution is 2.20. The lowest BCUT2D eigenvalue weighted by Crippen LogP contribution is -2.42. The molecule has 3 N–H and O–H groups in total. The Morgan fingerprint density at radius 3 is 1.81 bits per heavy atom. The van der Waals surface area contributed by atoms with Gasteiger partial charge >= 0.3 is 0 Å². The van der Waals surface area contributed by atoms with E-state index in [4.69, 9.17) is 9.47 Å². The van der Waals surface area contributed by atoms with Gasteiger partial charge in [0.2, 0.25) is 0 Å². The lowest BCUT2D eigenvalue weighted by molar-refractivity contribution is -0.101. The highest BCUT2D eigenvalue weighted by Gasteiger charge is 2.40. The molecule has 0 bridgehead atoms. The summed E-state index contributed by atoms with van der Waals surface area (Å²) in [6.07, 6.45) is 22.3. The van der Waals surface area contributed by atoms with Gasteiger partial charge in [-0.1, -0.05) is 89.7 Å². The summed E-state index contributed by atoms with van der Waals surface area (Å²) in [5, 5.41) is 28.8. The molecule has 1 rings (SSSR count). The third-order valence-corrected chi connectivity index (χ3v) is 6.22. The molecule has 0 aromatic rings. The first kappa shape index (κ1) is 28.6. The summed E-state index contributed by atoms with van der Waals surface area (Å²) < 4.78 is 11.0. The second-order valence-corrected chi connectivity index (χ2v) is 9.09. The van der Waals surface area contributed by atoms with Crippen LogP contribution in [0.2, 0.25) is 0 Å². The van der Waals surface area contributed by atoms with Gasteiger partial charge in [0.15, 0.2) is 0 Å². The van der Waals surface area contributed by atoms with Gasteiger partial charge in [-0.25, -0.2) is 0 Å². The van der Waals surface area contributed by atoms with Crippen LogP contribution < -0.4 is 0 Å². The van der Waals surface area contributed by atoms with Crippen molar-refractivity contribution >= 4 is 0 Å². The molecule has 4 atom stereocenters. The van der Waals surface area contributed by atoms with E-state index in [-0.39, 0.29) is 13.2 Å². The first-order valence-corrected chi connectivity index (χ1v) is 13.1. The summed E-state index contributed by atoms with van der Waals surface area (Å²) in [5.74, 6) is 0. The number of unbranched alkanes of at least 4 members (excludes halogenated alkanes) is 14. The second-order valence-electron chi connectivity index (χ2n) is 9.09. The second kappa shape index (κ2) is 20.2. The third-order valence-electron chi connectivity index (χ3n) is 6.22. The molecule has 0 saturated carbocycles. The summed E-state index contributed by atoms with van der Waals surface area (Å²) in [4.78, 5) is 0. The average molecular weight is 443 g/mol. The summed E-state index contributed by atoms with van der Waals surface area (Å²) in [6, 6.07) is 0. The van der Waals surface area contributed by atoms with Gasteiger partial charge in [0, 0.05) is 6.61 Å². The van der Waals surface area contributed by atoms with Crippen molar-refractivity contribution in [3.8, 4) is 0 Å². The number of ether oxygens (including phenoxy) is 2. The van der Waals surface area contributed by atoms with Crippen LogP contribution in [0.5, 0.6) is 0 Å². The lowest BCUT2D eigenvalue weighted by atomic mass is 10.1. The molecule has 0 aromatic heterocycles. The summed E-state index contributed by atoms with van der Waals surface area (Å²) in [6.45, 7) is 2.71. The SMILES string of the molecule is CCCCCC/C=C/CCCCCCCCCCCCO[C@@H](CO)[C@H]1OC[C@@H](O)[C@H]1O. The van der Waals surface area contributed by atoms with Crippen molar-refractivity contribution in [1.29, 1.82) is 0 Å². The third kappa shape index (κ3) is 14.3. The zero-order chi connectivity index (χ0) is 22.6. The van der Waals surface area contributed by atoms with Crippen molar-refractivity contribution in [2.75, 3.05) is 19.8 Å². The minimum absolute atomic E-state index is 0.0991. The van der Waals surface area contributed by atoms with Crippen LogP contribution in [0.15, 0.2) is 12.2 Å². The molecule has 1 fully saturated rings. The molecule has 0 amide bonds. The van der Waals surface area contributed by atoms with Crippen molar-refractivity contribution in [3.63, 3.8) is 0 Å². The predicted molar refractivity (Wildman–Crippen MR) is 127 cm³/mol. The van der Waals surface area contributed by atoms with Gasteiger partial charge in [0.1, 0.15) is 24.4 Å². The molecule has 0 spiro atoms. The molecule has 1 aliphatic rings. The van der Waals surface area contributed by atoms with E-state index in [9.17, 15) is 15.3 Å². The molecular weight excluding hydrogens is 392 g/mol. The predicted octanol–water partition coefficient (Wildman–Crippen LogP) is 5.30. The molecule has 1 heterocycles. The standard InChI is InChI=1S/C26H50O5/c1-2-3-4-5-6-7-8-9-10-11-12-13-14-15-16-17-18-19-20-30-24(21-27)26-25(29)23(28)22-31-26/h7-8,23-29H,2-6,9-22H2,1H3/b8-7+/t23-,24+,25-,26-/m1/s1. The van der Waals surface area contributed by atoms with Crippen LogP contribution in [0, 0.1) is 0 Å². The van der Waals surface area contributed by atoms with Gasteiger partial charge < -0.3 is 24.8 Å². The monoisotopic (exact) mass is 442 g/mol. The Balaban J connectivity index is 1.81. The maximum Gasteiger partial charge on any atom is 0.114 e. The van der Waals surface area contributed by atoms with E-state index in [0.29, 0.717) is 6.61 Å². The van der Waals surface area contributed by atoms with Gasteiger partial charge in [-0.2, -0.15) is 0 Å². The van der Waals surface area contributed by atoms with E-state index in [0.717, 1.165) is 12.8 Å². The summed E-state index contributed by atoms with van der Waals surface area (Å²) in [7, 11) is 0. The molecule has 5 heteroatoms. The molecule has 5 nitrogen and oxygen atoms in total. The molecular formula is C26H50O5. The van der Waals surface area contributed by atoms with E-state index in [1.807, 2.05) is 0 Å². The molecule has 184 valence electrons. The van der Waals surface area contributed by atoms with E-state index in [1.54, 1.807) is 0 Å². The topological polar surface area (TPSA) is 79.2 Å². The lowest BCUT2D eigenvalue weighted by Gasteiger charge is -2.24. The van der Waals surface area contributed by atoms with Crippen LogP contribution in [0.4, 0.5) is 0 Å². The maximum atomic E-state index is 9.85. The number of aliphatic hydroxyl groups excluding tert-OH is 3. The van der Waals surface area contributed by atoms with Crippen molar-refractivity contribution < 1.29 is 24.8 Å². The van der Waals surface area contributed by atoms with Crippen molar-refractivity contribution in [3.05, 3.63) is 12.2 Å². The number of aliphatic hydroxyl groups is 3. The summed E-state index contributed by atoms with van der Waals surface area (Å²) >= 11 is 0. The Hall–Kier alpha value is -0.460. The number of rotatable bonds is 21. The normalized spacial score (nSPS) is 22.5. The average Bonchev–Trinajstić information content (AvgIpc) is 3.11. The molecule has 1 saturated heterocycles. The van der Waals surface area contributed by atoms with E-state index in [1.165, 1.54) is 89.9 Å². The highest BCUT2D eigenvalue weighted by atomic mass is 16.6. The van der Waals surface area contributed by atoms with E-state index < -0.39 is 24.4 Å². The van der Waals surface area contributed by atoms with Crippen LogP contribution in [0.1, 0.15) is 110 Å². The molecule has 0 radical (unpaired) electrons. The van der Waals surface area contributed by atoms with Gasteiger partial charge in [0.05, 0.1) is 13.2 Å². The minimum atomic E-state index is -0.978. The fourth-order valence-electron chi connectivity index (χ4n) is 4.14. The fraction of sp³-hybridized carbons (Fsp3) is 0.923. The van der Waals surface area contributed by atoms with Crippen molar-refractivity contribution in [2.24, 2.45) is 0 Å². The van der Waals surface area contributed by atoms with Gasteiger partial charge in [-0.05, 0) is 32.1 Å².